The lowest BCUT2D eigenvalue weighted by atomic mass is 10.3. The van der Waals surface area contributed by atoms with Crippen molar-refractivity contribution in [2.45, 2.75) is 11.0 Å². The maximum Gasteiger partial charge on any atom is 0.337 e. The highest BCUT2D eigenvalue weighted by Crippen LogP contribution is 2.14. The van der Waals surface area contributed by atoms with Gasteiger partial charge in [0.2, 0.25) is 9.84 Å². The van der Waals surface area contributed by atoms with Crippen LogP contribution in [0.2, 0.25) is 0 Å². The minimum Gasteiger partial charge on any atom is -0.314 e. The summed E-state index contributed by atoms with van der Waals surface area (Å²) in [4.78, 5) is 0. The van der Waals surface area contributed by atoms with E-state index < -0.39 is 20.8 Å². The zero-order chi connectivity index (χ0) is 7.78. The Hall–Kier alpha value is -0.230. The summed E-state index contributed by atoms with van der Waals surface area (Å²) in [6.45, 7) is 0.319. The summed E-state index contributed by atoms with van der Waals surface area (Å²) in [6, 6.07) is 0. The Morgan fingerprint density at radius 1 is 1.40 bits per heavy atom. The molecular formula is C4H7F2NO2S. The van der Waals surface area contributed by atoms with E-state index in [0.29, 0.717) is 0 Å². The van der Waals surface area contributed by atoms with E-state index in [9.17, 15) is 17.2 Å². The molecule has 0 atom stereocenters. The maximum atomic E-state index is 11.7. The van der Waals surface area contributed by atoms with Crippen LogP contribution in [0.25, 0.3) is 0 Å². The number of hydrogen-bond acceptors (Lipinski definition) is 3. The van der Waals surface area contributed by atoms with Gasteiger partial charge in [0, 0.05) is 13.1 Å². The van der Waals surface area contributed by atoms with Crippen molar-refractivity contribution in [3.05, 3.63) is 0 Å². The lowest BCUT2D eigenvalue weighted by Gasteiger charge is -2.25. The van der Waals surface area contributed by atoms with E-state index in [-0.39, 0.29) is 13.1 Å². The van der Waals surface area contributed by atoms with Gasteiger partial charge in [-0.1, -0.05) is 0 Å². The van der Waals surface area contributed by atoms with Crippen LogP contribution in [0, 0.1) is 0 Å². The maximum absolute atomic E-state index is 11.7. The van der Waals surface area contributed by atoms with E-state index in [2.05, 4.69) is 5.32 Å². The predicted octanol–water partition coefficient (Wildman–Crippen LogP) is -0.404. The van der Waals surface area contributed by atoms with Crippen molar-refractivity contribution in [3.8, 4) is 0 Å². The quantitative estimate of drug-likeness (QED) is 0.614. The molecule has 1 N–H and O–H groups in total. The molecule has 1 aliphatic heterocycles. The van der Waals surface area contributed by atoms with Crippen LogP contribution in [-0.2, 0) is 9.84 Å². The lowest BCUT2D eigenvalue weighted by Crippen LogP contribution is -2.53. The van der Waals surface area contributed by atoms with E-state index in [1.54, 1.807) is 0 Å². The van der Waals surface area contributed by atoms with Crippen molar-refractivity contribution in [1.29, 1.82) is 0 Å². The average molecular weight is 171 g/mol. The largest absolute Gasteiger partial charge is 0.337 e. The minimum absolute atomic E-state index is 0.159. The minimum atomic E-state index is -4.14. The zero-order valence-electron chi connectivity index (χ0n) is 5.05. The number of alkyl halides is 2. The molecule has 1 aliphatic rings. The molecule has 10 heavy (non-hydrogen) atoms. The molecule has 0 aromatic rings. The molecule has 0 saturated carbocycles. The van der Waals surface area contributed by atoms with Crippen molar-refractivity contribution in [2.24, 2.45) is 0 Å². The molecule has 3 nitrogen and oxygen atoms in total. The average Bonchev–Trinajstić information content (AvgIpc) is 1.57. The zero-order valence-corrected chi connectivity index (χ0v) is 5.87. The van der Waals surface area contributed by atoms with Crippen LogP contribution in [-0.4, -0.2) is 32.5 Å². The van der Waals surface area contributed by atoms with Crippen molar-refractivity contribution in [1.82, 2.24) is 5.32 Å². The molecule has 1 rings (SSSR count). The van der Waals surface area contributed by atoms with E-state index in [1.807, 2.05) is 0 Å². The predicted molar refractivity (Wildman–Crippen MR) is 31.6 cm³/mol. The van der Waals surface area contributed by atoms with E-state index in [1.165, 1.54) is 0 Å². The molecule has 0 aromatic heterocycles. The molecule has 0 aliphatic carbocycles. The Labute approximate surface area is 57.3 Å². The summed E-state index contributed by atoms with van der Waals surface area (Å²) in [5.41, 5.74) is 0. The second kappa shape index (κ2) is 2.43. The summed E-state index contributed by atoms with van der Waals surface area (Å²) in [6.07, 6.45) is 0. The SMILES string of the molecule is O=S(=O)(C(F)F)C1CNC1. The first kappa shape index (κ1) is 7.87. The first-order valence-corrected chi connectivity index (χ1v) is 4.37. The molecule has 6 heteroatoms. The van der Waals surface area contributed by atoms with Gasteiger partial charge < -0.3 is 5.32 Å². The van der Waals surface area contributed by atoms with Gasteiger partial charge in [0.05, 0.1) is 5.25 Å². The lowest BCUT2D eigenvalue weighted by molar-refractivity contribution is 0.230. The number of hydrogen-bond donors (Lipinski definition) is 1. The first-order valence-electron chi connectivity index (χ1n) is 2.76. The molecule has 60 valence electrons. The topological polar surface area (TPSA) is 46.2 Å². The summed E-state index contributed by atoms with van der Waals surface area (Å²) in [7, 11) is -4.14. The molecule has 1 saturated heterocycles. The molecule has 0 bridgehead atoms. The van der Waals surface area contributed by atoms with Gasteiger partial charge in [-0.2, -0.15) is 8.78 Å². The van der Waals surface area contributed by atoms with Crippen LogP contribution < -0.4 is 5.32 Å². The van der Waals surface area contributed by atoms with E-state index in [0.717, 1.165) is 0 Å². The summed E-state index contributed by atoms with van der Waals surface area (Å²) in [5.74, 6) is -3.22. The number of halogens is 2. The highest BCUT2D eigenvalue weighted by molar-refractivity contribution is 7.92. The van der Waals surface area contributed by atoms with Gasteiger partial charge in [-0.15, -0.1) is 0 Å². The summed E-state index contributed by atoms with van der Waals surface area (Å²) < 4.78 is 44.4. The van der Waals surface area contributed by atoms with Crippen molar-refractivity contribution in [3.63, 3.8) is 0 Å². The van der Waals surface area contributed by atoms with Crippen LogP contribution in [0.1, 0.15) is 0 Å². The Morgan fingerprint density at radius 3 is 2.00 bits per heavy atom. The molecular weight excluding hydrogens is 164 g/mol. The first-order chi connectivity index (χ1) is 4.55. The third-order valence-electron chi connectivity index (χ3n) is 1.46. The van der Waals surface area contributed by atoms with Gasteiger partial charge in [-0.05, 0) is 0 Å². The van der Waals surface area contributed by atoms with Gasteiger partial charge in [-0.3, -0.25) is 0 Å². The van der Waals surface area contributed by atoms with Gasteiger partial charge in [-0.25, -0.2) is 8.42 Å². The Bertz CT molecular complexity index is 209. The Morgan fingerprint density at radius 2 is 1.90 bits per heavy atom. The van der Waals surface area contributed by atoms with Gasteiger partial charge in [0.25, 0.3) is 0 Å². The molecule has 1 fully saturated rings. The summed E-state index contributed by atoms with van der Waals surface area (Å²) >= 11 is 0. The molecule has 1 heterocycles. The number of nitrogens with one attached hydrogen (secondary N) is 1. The highest BCUT2D eigenvalue weighted by Gasteiger charge is 2.37. The second-order valence-corrected chi connectivity index (χ2v) is 4.33. The van der Waals surface area contributed by atoms with E-state index in [4.69, 9.17) is 0 Å². The molecule has 0 unspecified atom stereocenters. The third-order valence-corrected chi connectivity index (χ3v) is 3.22. The normalized spacial score (nSPS) is 21.1. The molecule has 0 spiro atoms. The Balaban J connectivity index is 2.68. The third kappa shape index (κ3) is 1.13. The Kier molecular flexibility index (Phi) is 1.91. The second-order valence-electron chi connectivity index (χ2n) is 2.13. The van der Waals surface area contributed by atoms with Gasteiger partial charge in [0.15, 0.2) is 0 Å². The smallest absolute Gasteiger partial charge is 0.314 e. The molecule has 0 aromatic carbocycles. The number of rotatable bonds is 2. The highest BCUT2D eigenvalue weighted by atomic mass is 32.2. The molecule has 0 radical (unpaired) electrons. The van der Waals surface area contributed by atoms with Crippen LogP contribution in [0.4, 0.5) is 8.78 Å². The van der Waals surface area contributed by atoms with E-state index >= 15 is 0 Å². The monoisotopic (exact) mass is 171 g/mol. The van der Waals surface area contributed by atoms with Crippen LogP contribution in [0.5, 0.6) is 0 Å². The fourth-order valence-corrected chi connectivity index (χ4v) is 1.63. The van der Waals surface area contributed by atoms with Crippen molar-refractivity contribution in [2.75, 3.05) is 13.1 Å². The van der Waals surface area contributed by atoms with Gasteiger partial charge >= 0.3 is 5.76 Å². The molecule has 0 amide bonds. The van der Waals surface area contributed by atoms with Crippen molar-refractivity contribution < 1.29 is 17.2 Å². The summed E-state index contributed by atoms with van der Waals surface area (Å²) in [5, 5.41) is 1.74. The van der Waals surface area contributed by atoms with Crippen molar-refractivity contribution >= 4 is 9.84 Å². The van der Waals surface area contributed by atoms with Crippen LogP contribution in [0.3, 0.4) is 0 Å². The van der Waals surface area contributed by atoms with Crippen LogP contribution in [0.15, 0.2) is 0 Å². The fourth-order valence-electron chi connectivity index (χ4n) is 0.640. The number of sulfone groups is 1. The fraction of sp³-hybridized carbons (Fsp3) is 1.00. The van der Waals surface area contributed by atoms with Crippen LogP contribution >= 0.6 is 0 Å². The standard InChI is InChI=1S/C4H7F2NO2S/c5-4(6)10(8,9)3-1-7-2-3/h3-4,7H,1-2H2. The van der Waals surface area contributed by atoms with Gasteiger partial charge in [0.1, 0.15) is 0 Å².